The van der Waals surface area contributed by atoms with Crippen LogP contribution in [0.25, 0.3) is 16.6 Å². The van der Waals surface area contributed by atoms with Crippen molar-refractivity contribution in [3.8, 4) is 5.69 Å². The number of nitrogens with zero attached hydrogens (tertiary/aromatic N) is 3. The second-order valence-electron chi connectivity index (χ2n) is 9.38. The molecule has 1 unspecified atom stereocenters. The highest BCUT2D eigenvalue weighted by Gasteiger charge is 2.25. The van der Waals surface area contributed by atoms with Gasteiger partial charge in [-0.25, -0.2) is 4.98 Å². The summed E-state index contributed by atoms with van der Waals surface area (Å²) < 4.78 is 1.61. The molecule has 1 amide bonds. The molecule has 1 aromatic heterocycles. The molecular formula is C28H29N3O2. The van der Waals surface area contributed by atoms with E-state index in [1.807, 2.05) is 79.7 Å². The number of rotatable bonds is 4. The molecule has 0 spiro atoms. The van der Waals surface area contributed by atoms with Gasteiger partial charge in [-0.15, -0.1) is 0 Å². The van der Waals surface area contributed by atoms with E-state index in [1.165, 1.54) is 5.56 Å². The zero-order chi connectivity index (χ0) is 23.8. The first-order chi connectivity index (χ1) is 15.7. The van der Waals surface area contributed by atoms with Gasteiger partial charge in [-0.2, -0.15) is 0 Å². The average molecular weight is 440 g/mol. The van der Waals surface area contributed by atoms with Crippen LogP contribution in [0.3, 0.4) is 0 Å². The lowest BCUT2D eigenvalue weighted by Crippen LogP contribution is -2.35. The van der Waals surface area contributed by atoms with Gasteiger partial charge in [0.15, 0.2) is 0 Å². The van der Waals surface area contributed by atoms with Gasteiger partial charge in [-0.05, 0) is 54.3 Å². The van der Waals surface area contributed by atoms with E-state index < -0.39 is 6.04 Å². The van der Waals surface area contributed by atoms with E-state index in [0.717, 1.165) is 5.69 Å². The summed E-state index contributed by atoms with van der Waals surface area (Å²) in [4.78, 5) is 33.3. The molecule has 4 rings (SSSR count). The first kappa shape index (κ1) is 22.5. The number of fused-ring (bicyclic) bond motifs is 1. The number of hydrogen-bond acceptors (Lipinski definition) is 3. The topological polar surface area (TPSA) is 55.2 Å². The first-order valence-electron chi connectivity index (χ1n) is 11.1. The summed E-state index contributed by atoms with van der Waals surface area (Å²) in [7, 11) is 1.75. The second kappa shape index (κ2) is 8.66. The Balaban J connectivity index is 1.78. The molecule has 0 radical (unpaired) electrons. The molecule has 3 aromatic carbocycles. The number of hydrogen-bond donors (Lipinski definition) is 0. The molecule has 0 saturated heterocycles. The van der Waals surface area contributed by atoms with Crippen molar-refractivity contribution in [3.63, 3.8) is 0 Å². The molecule has 0 bridgehead atoms. The lowest BCUT2D eigenvalue weighted by Gasteiger charge is -2.27. The van der Waals surface area contributed by atoms with Crippen LogP contribution in [0.2, 0.25) is 0 Å². The Labute approximate surface area is 194 Å². The van der Waals surface area contributed by atoms with Crippen molar-refractivity contribution in [3.05, 3.63) is 106 Å². The minimum atomic E-state index is -0.433. The maximum Gasteiger partial charge on any atom is 0.266 e. The third kappa shape index (κ3) is 4.31. The molecule has 4 aromatic rings. The minimum absolute atomic E-state index is 0.0154. The van der Waals surface area contributed by atoms with Gasteiger partial charge in [0.1, 0.15) is 5.82 Å². The van der Waals surface area contributed by atoms with Gasteiger partial charge >= 0.3 is 0 Å². The van der Waals surface area contributed by atoms with Crippen LogP contribution in [0.1, 0.15) is 55.5 Å². The molecule has 0 fully saturated rings. The summed E-state index contributed by atoms with van der Waals surface area (Å²) in [5.41, 5.74) is 2.98. The number of carbonyl (C=O) groups excluding carboxylic acids is 1. The van der Waals surface area contributed by atoms with Gasteiger partial charge in [0, 0.05) is 12.6 Å². The SMILES string of the molecule is CC(c1nc2ccccc2c(=O)n1-c1ccccc1)N(C)C(=O)c1ccc(C(C)(C)C)cc1. The summed E-state index contributed by atoms with van der Waals surface area (Å²) >= 11 is 0. The molecule has 168 valence electrons. The smallest absolute Gasteiger partial charge is 0.266 e. The highest BCUT2D eigenvalue weighted by Crippen LogP contribution is 2.25. The molecule has 5 heteroatoms. The van der Waals surface area contributed by atoms with Crippen LogP contribution in [0, 0.1) is 0 Å². The molecular weight excluding hydrogens is 410 g/mol. The van der Waals surface area contributed by atoms with Crippen LogP contribution in [0.15, 0.2) is 83.7 Å². The minimum Gasteiger partial charge on any atom is -0.332 e. The van der Waals surface area contributed by atoms with E-state index in [9.17, 15) is 9.59 Å². The van der Waals surface area contributed by atoms with Crippen molar-refractivity contribution in [2.24, 2.45) is 0 Å². The van der Waals surface area contributed by atoms with Gasteiger partial charge in [0.05, 0.1) is 22.6 Å². The molecule has 33 heavy (non-hydrogen) atoms. The van der Waals surface area contributed by atoms with Crippen LogP contribution in [0.4, 0.5) is 0 Å². The number of aromatic nitrogens is 2. The summed E-state index contributed by atoms with van der Waals surface area (Å²) in [5, 5.41) is 0.545. The van der Waals surface area contributed by atoms with E-state index in [1.54, 1.807) is 22.6 Å². The molecule has 0 N–H and O–H groups in total. The third-order valence-electron chi connectivity index (χ3n) is 6.09. The summed E-state index contributed by atoms with van der Waals surface area (Å²) in [6.45, 7) is 8.34. The van der Waals surface area contributed by atoms with E-state index in [0.29, 0.717) is 22.3 Å². The fourth-order valence-electron chi connectivity index (χ4n) is 3.92. The molecule has 0 aliphatic rings. The fraction of sp³-hybridized carbons (Fsp3) is 0.250. The quantitative estimate of drug-likeness (QED) is 0.421. The number of para-hydroxylation sites is 2. The van der Waals surface area contributed by atoms with Crippen LogP contribution >= 0.6 is 0 Å². The van der Waals surface area contributed by atoms with Crippen LogP contribution in [0.5, 0.6) is 0 Å². The standard InChI is InChI=1S/C28H29N3O2/c1-19(30(5)26(32)20-15-17-21(18-16-20)28(2,3)4)25-29-24-14-10-9-13-23(24)27(33)31(25)22-11-7-6-8-12-22/h6-19H,1-5H3. The highest BCUT2D eigenvalue weighted by atomic mass is 16.2. The van der Waals surface area contributed by atoms with E-state index in [-0.39, 0.29) is 16.9 Å². The zero-order valence-corrected chi connectivity index (χ0v) is 19.7. The summed E-state index contributed by atoms with van der Waals surface area (Å²) in [6.07, 6.45) is 0. The van der Waals surface area contributed by atoms with Gasteiger partial charge in [0.25, 0.3) is 11.5 Å². The molecule has 1 heterocycles. The maximum atomic E-state index is 13.5. The largest absolute Gasteiger partial charge is 0.332 e. The van der Waals surface area contributed by atoms with Crippen molar-refractivity contribution in [1.29, 1.82) is 0 Å². The second-order valence-corrected chi connectivity index (χ2v) is 9.38. The Morgan fingerprint density at radius 1 is 0.909 bits per heavy atom. The third-order valence-corrected chi connectivity index (χ3v) is 6.09. The Morgan fingerprint density at radius 2 is 1.52 bits per heavy atom. The monoisotopic (exact) mass is 439 g/mol. The van der Waals surface area contributed by atoms with E-state index in [4.69, 9.17) is 4.98 Å². The van der Waals surface area contributed by atoms with Crippen LogP contribution < -0.4 is 5.56 Å². The van der Waals surface area contributed by atoms with Crippen molar-refractivity contribution >= 4 is 16.8 Å². The maximum absolute atomic E-state index is 13.5. The van der Waals surface area contributed by atoms with Crippen molar-refractivity contribution < 1.29 is 4.79 Å². The Bertz CT molecular complexity index is 1350. The van der Waals surface area contributed by atoms with E-state index >= 15 is 0 Å². The van der Waals surface area contributed by atoms with Crippen LogP contribution in [-0.4, -0.2) is 27.4 Å². The summed E-state index contributed by atoms with van der Waals surface area (Å²) in [6, 6.07) is 24.0. The normalized spacial score (nSPS) is 12.5. The molecule has 5 nitrogen and oxygen atoms in total. The number of carbonyl (C=O) groups is 1. The lowest BCUT2D eigenvalue weighted by atomic mass is 9.86. The van der Waals surface area contributed by atoms with Crippen molar-refractivity contribution in [2.75, 3.05) is 7.05 Å². The molecule has 1 atom stereocenters. The Hall–Kier alpha value is -3.73. The average Bonchev–Trinajstić information content (AvgIpc) is 2.82. The summed E-state index contributed by atoms with van der Waals surface area (Å²) in [5.74, 6) is 0.400. The highest BCUT2D eigenvalue weighted by molar-refractivity contribution is 5.94. The molecule has 0 aliphatic carbocycles. The van der Waals surface area contributed by atoms with Crippen molar-refractivity contribution in [1.82, 2.24) is 14.5 Å². The predicted molar refractivity (Wildman–Crippen MR) is 133 cm³/mol. The Morgan fingerprint density at radius 3 is 2.15 bits per heavy atom. The van der Waals surface area contributed by atoms with Gasteiger partial charge < -0.3 is 4.90 Å². The van der Waals surface area contributed by atoms with Gasteiger partial charge in [-0.1, -0.05) is 63.2 Å². The van der Waals surface area contributed by atoms with Crippen molar-refractivity contribution in [2.45, 2.75) is 39.2 Å². The number of benzene rings is 3. The molecule has 0 saturated carbocycles. The predicted octanol–water partition coefficient (Wildman–Crippen LogP) is 5.52. The zero-order valence-electron chi connectivity index (χ0n) is 19.7. The van der Waals surface area contributed by atoms with Crippen LogP contribution in [-0.2, 0) is 5.41 Å². The van der Waals surface area contributed by atoms with Gasteiger partial charge in [-0.3, -0.25) is 14.2 Å². The Kier molecular flexibility index (Phi) is 5.90. The van der Waals surface area contributed by atoms with E-state index in [2.05, 4.69) is 20.8 Å². The fourth-order valence-corrected chi connectivity index (χ4v) is 3.92. The first-order valence-corrected chi connectivity index (χ1v) is 11.1. The molecule has 0 aliphatic heterocycles. The lowest BCUT2D eigenvalue weighted by molar-refractivity contribution is 0.0735. The number of amides is 1. The van der Waals surface area contributed by atoms with Gasteiger partial charge in [0.2, 0.25) is 0 Å².